The van der Waals surface area contributed by atoms with Crippen molar-refractivity contribution >= 4 is 5.91 Å². The lowest BCUT2D eigenvalue weighted by Gasteiger charge is -2.37. The van der Waals surface area contributed by atoms with Crippen molar-refractivity contribution in [3.05, 3.63) is 4.91 Å². The predicted octanol–water partition coefficient (Wildman–Crippen LogP) is 1.70. The maximum atomic E-state index is 11.9. The molecule has 2 aliphatic heterocycles. The third-order valence-corrected chi connectivity index (χ3v) is 4.12. The van der Waals surface area contributed by atoms with Gasteiger partial charge in [-0.3, -0.25) is 4.79 Å². The van der Waals surface area contributed by atoms with E-state index in [1.165, 1.54) is 11.4 Å². The third kappa shape index (κ3) is 1.03. The molecule has 4 heteroatoms. The lowest BCUT2D eigenvalue weighted by Crippen LogP contribution is -2.36. The lowest BCUT2D eigenvalue weighted by molar-refractivity contribution is -0.136. The predicted molar refractivity (Wildman–Crippen MR) is 50.0 cm³/mol. The van der Waals surface area contributed by atoms with E-state index in [2.05, 4.69) is 5.29 Å². The smallest absolute Gasteiger partial charge is 0.248 e. The second-order valence-electron chi connectivity index (χ2n) is 5.03. The normalized spacial score (nSPS) is 45.4. The molecule has 14 heavy (non-hydrogen) atoms. The number of nitrogens with zero attached hydrogens (tertiary/aromatic N) is 2. The van der Waals surface area contributed by atoms with Gasteiger partial charge in [-0.25, -0.2) is 0 Å². The van der Waals surface area contributed by atoms with Gasteiger partial charge in [0.1, 0.15) is 0 Å². The van der Waals surface area contributed by atoms with Gasteiger partial charge < -0.3 is 0 Å². The quantitative estimate of drug-likeness (QED) is 0.596. The molecule has 2 heterocycles. The van der Waals surface area contributed by atoms with Crippen molar-refractivity contribution in [2.75, 3.05) is 0 Å². The Morgan fingerprint density at radius 3 is 2.29 bits per heavy atom. The van der Waals surface area contributed by atoms with Crippen molar-refractivity contribution in [2.24, 2.45) is 23.0 Å². The van der Waals surface area contributed by atoms with Crippen molar-refractivity contribution in [1.29, 1.82) is 0 Å². The fourth-order valence-electron chi connectivity index (χ4n) is 3.69. The molecule has 4 fully saturated rings. The van der Waals surface area contributed by atoms with Crippen LogP contribution in [0, 0.1) is 22.7 Å². The summed E-state index contributed by atoms with van der Waals surface area (Å²) in [7, 11) is 0. The van der Waals surface area contributed by atoms with Gasteiger partial charge >= 0.3 is 0 Å². The van der Waals surface area contributed by atoms with Crippen LogP contribution >= 0.6 is 0 Å². The zero-order chi connectivity index (χ0) is 9.71. The molecule has 76 valence electrons. The first-order valence-corrected chi connectivity index (χ1v) is 5.44. The Hall–Kier alpha value is -0.930. The van der Waals surface area contributed by atoms with E-state index < -0.39 is 0 Å². The Morgan fingerprint density at radius 1 is 1.07 bits per heavy atom. The highest BCUT2D eigenvalue weighted by atomic mass is 16.3. The molecule has 2 aliphatic carbocycles. The number of nitroso groups, excluding NO2 is 1. The summed E-state index contributed by atoms with van der Waals surface area (Å²) in [6.07, 6.45) is 5.28. The molecular formula is C10H14N2O2. The van der Waals surface area contributed by atoms with Gasteiger partial charge in [-0.1, -0.05) is 0 Å². The van der Waals surface area contributed by atoms with Gasteiger partial charge in [0, 0.05) is 5.92 Å². The molecule has 0 aromatic heterocycles. The zero-order valence-electron chi connectivity index (χ0n) is 8.06. The molecule has 4 bridgehead atoms. The van der Waals surface area contributed by atoms with Crippen LogP contribution in [0.2, 0.25) is 0 Å². The molecule has 0 radical (unpaired) electrons. The van der Waals surface area contributed by atoms with Crippen molar-refractivity contribution in [1.82, 2.24) is 5.01 Å². The summed E-state index contributed by atoms with van der Waals surface area (Å²) in [5, 5.41) is 4.16. The van der Waals surface area contributed by atoms with E-state index >= 15 is 0 Å². The minimum absolute atomic E-state index is 0.00491. The van der Waals surface area contributed by atoms with Crippen LogP contribution in [-0.2, 0) is 4.79 Å². The van der Waals surface area contributed by atoms with Crippen molar-refractivity contribution < 1.29 is 4.79 Å². The number of rotatable bonds is 1. The Bertz CT molecular complexity index is 278. The maximum Gasteiger partial charge on any atom is 0.248 e. The number of carbonyl (C=O) groups excluding carboxylic acids is 1. The van der Waals surface area contributed by atoms with Crippen molar-refractivity contribution in [3.63, 3.8) is 0 Å². The second-order valence-corrected chi connectivity index (χ2v) is 5.03. The Labute approximate surface area is 82.6 Å². The topological polar surface area (TPSA) is 49.7 Å². The first kappa shape index (κ1) is 8.38. The number of amides is 1. The van der Waals surface area contributed by atoms with E-state index in [1.807, 2.05) is 0 Å². The summed E-state index contributed by atoms with van der Waals surface area (Å²) < 4.78 is 0. The maximum absolute atomic E-state index is 11.9. The van der Waals surface area contributed by atoms with Crippen molar-refractivity contribution in [2.45, 2.75) is 38.1 Å². The number of hydrogen-bond donors (Lipinski definition) is 0. The molecule has 4 aliphatic rings. The summed E-state index contributed by atoms with van der Waals surface area (Å²) in [5.74, 6) is 1.44. The molecule has 0 aromatic carbocycles. The summed E-state index contributed by atoms with van der Waals surface area (Å²) in [6.45, 7) is 0. The second kappa shape index (κ2) is 2.78. The van der Waals surface area contributed by atoms with Crippen LogP contribution in [-0.4, -0.2) is 17.0 Å². The Morgan fingerprint density at radius 2 is 1.71 bits per heavy atom. The first-order valence-electron chi connectivity index (χ1n) is 5.44. The summed E-state index contributed by atoms with van der Waals surface area (Å²) in [4.78, 5) is 22.5. The standard InChI is InChI=1S/C10H14N2O2/c13-10-8-2-6-1-7(3-8)5-9(4-6)12(10)11-14/h6-9H,1-5H2. The molecular weight excluding hydrogens is 180 g/mol. The molecule has 4 nitrogen and oxygen atoms in total. The number of fused-ring (bicyclic) bond motifs is 1. The highest BCUT2D eigenvalue weighted by Crippen LogP contribution is 2.47. The van der Waals surface area contributed by atoms with Gasteiger partial charge in [0.25, 0.3) is 0 Å². The monoisotopic (exact) mass is 194 g/mol. The molecule has 0 aromatic rings. The zero-order valence-corrected chi connectivity index (χ0v) is 8.06. The van der Waals surface area contributed by atoms with E-state index in [0.29, 0.717) is 11.8 Å². The molecule has 2 saturated carbocycles. The van der Waals surface area contributed by atoms with Gasteiger partial charge in [0.05, 0.1) is 11.3 Å². The van der Waals surface area contributed by atoms with Crippen LogP contribution in [0.3, 0.4) is 0 Å². The van der Waals surface area contributed by atoms with Gasteiger partial charge in [-0.2, -0.15) is 5.01 Å². The van der Waals surface area contributed by atoms with Crippen molar-refractivity contribution in [3.8, 4) is 0 Å². The van der Waals surface area contributed by atoms with E-state index in [9.17, 15) is 9.70 Å². The lowest BCUT2D eigenvalue weighted by atomic mass is 9.68. The number of hydrogen-bond acceptors (Lipinski definition) is 3. The largest absolute Gasteiger partial charge is 0.273 e. The minimum Gasteiger partial charge on any atom is -0.273 e. The fourth-order valence-corrected chi connectivity index (χ4v) is 3.69. The Balaban J connectivity index is 1.99. The molecule has 1 amide bonds. The average Bonchev–Trinajstić information content (AvgIpc) is 2.29. The van der Waals surface area contributed by atoms with Crippen LogP contribution in [0.25, 0.3) is 0 Å². The molecule has 2 atom stereocenters. The van der Waals surface area contributed by atoms with Crippen LogP contribution in [0.15, 0.2) is 5.29 Å². The molecule has 4 rings (SSSR count). The fraction of sp³-hybridized carbons (Fsp3) is 0.900. The number of carbonyl (C=O) groups is 1. The van der Waals surface area contributed by atoms with Crippen LogP contribution in [0.1, 0.15) is 32.1 Å². The minimum atomic E-state index is -0.00491. The van der Waals surface area contributed by atoms with Gasteiger partial charge in [-0.15, -0.1) is 4.91 Å². The van der Waals surface area contributed by atoms with E-state index in [4.69, 9.17) is 0 Å². The van der Waals surface area contributed by atoms with Gasteiger partial charge in [0.15, 0.2) is 0 Å². The molecule has 0 spiro atoms. The first-order chi connectivity index (χ1) is 6.78. The highest BCUT2D eigenvalue weighted by Gasteiger charge is 2.47. The Kier molecular flexibility index (Phi) is 1.66. The SMILES string of the molecule is O=NN1C(=O)C2CC3CC(C2)CC1C3. The molecule has 0 N–H and O–H groups in total. The highest BCUT2D eigenvalue weighted by molar-refractivity contribution is 5.79. The third-order valence-electron chi connectivity index (χ3n) is 4.12. The molecule has 2 saturated heterocycles. The van der Waals surface area contributed by atoms with E-state index in [1.54, 1.807) is 0 Å². The summed E-state index contributed by atoms with van der Waals surface area (Å²) in [5.41, 5.74) is 0. The van der Waals surface area contributed by atoms with Crippen LogP contribution in [0.5, 0.6) is 0 Å². The van der Waals surface area contributed by atoms with Crippen LogP contribution < -0.4 is 0 Å². The van der Waals surface area contributed by atoms with Gasteiger partial charge in [0.2, 0.25) is 5.91 Å². The van der Waals surface area contributed by atoms with Crippen LogP contribution in [0.4, 0.5) is 0 Å². The summed E-state index contributed by atoms with van der Waals surface area (Å²) in [6, 6.07) is 0.122. The molecule has 2 unspecified atom stereocenters. The van der Waals surface area contributed by atoms with Gasteiger partial charge in [-0.05, 0) is 43.9 Å². The average molecular weight is 194 g/mol. The van der Waals surface area contributed by atoms with E-state index in [-0.39, 0.29) is 17.9 Å². The van der Waals surface area contributed by atoms with E-state index in [0.717, 1.165) is 25.7 Å². The summed E-state index contributed by atoms with van der Waals surface area (Å²) >= 11 is 0.